The van der Waals surface area contributed by atoms with Crippen LogP contribution in [0.4, 0.5) is 0 Å². The molecule has 2 heterocycles. The van der Waals surface area contributed by atoms with Gasteiger partial charge in [-0.25, -0.2) is 0 Å². The van der Waals surface area contributed by atoms with Crippen molar-refractivity contribution in [2.24, 2.45) is 0 Å². The third kappa shape index (κ3) is 4.55. The topological polar surface area (TPSA) is 63.7 Å². The fraction of sp³-hybridized carbons (Fsp3) is 0.368. The van der Waals surface area contributed by atoms with Crippen LogP contribution in [0.15, 0.2) is 48.8 Å². The first-order valence-corrected chi connectivity index (χ1v) is 8.42. The van der Waals surface area contributed by atoms with E-state index in [0.717, 1.165) is 24.4 Å². The molecule has 6 nitrogen and oxygen atoms in total. The van der Waals surface area contributed by atoms with E-state index < -0.39 is 0 Å². The number of hydrogen-bond donors (Lipinski definition) is 1. The zero-order valence-electron chi connectivity index (χ0n) is 14.4. The van der Waals surface area contributed by atoms with Crippen LogP contribution in [0, 0.1) is 0 Å². The molecule has 1 fully saturated rings. The van der Waals surface area contributed by atoms with Gasteiger partial charge < -0.3 is 14.8 Å². The molecule has 1 saturated heterocycles. The molecule has 1 aliphatic rings. The maximum Gasteiger partial charge on any atom is 0.251 e. The van der Waals surface area contributed by atoms with Crippen LogP contribution in [-0.2, 0) is 4.74 Å². The van der Waals surface area contributed by atoms with Gasteiger partial charge in [0.05, 0.1) is 26.4 Å². The molecule has 1 N–H and O–H groups in total. The van der Waals surface area contributed by atoms with Crippen LogP contribution in [0.25, 0.3) is 0 Å². The fourth-order valence-electron chi connectivity index (χ4n) is 2.95. The molecule has 1 amide bonds. The number of pyridine rings is 1. The van der Waals surface area contributed by atoms with Gasteiger partial charge in [0.25, 0.3) is 5.91 Å². The van der Waals surface area contributed by atoms with Crippen LogP contribution in [0.3, 0.4) is 0 Å². The van der Waals surface area contributed by atoms with Crippen molar-refractivity contribution in [2.45, 2.75) is 6.04 Å². The first-order chi connectivity index (χ1) is 12.3. The van der Waals surface area contributed by atoms with E-state index in [1.165, 1.54) is 0 Å². The summed E-state index contributed by atoms with van der Waals surface area (Å²) in [5.74, 6) is 0.642. The Morgan fingerprint density at radius 2 is 2.04 bits per heavy atom. The highest BCUT2D eigenvalue weighted by Gasteiger charge is 2.23. The molecule has 1 aromatic carbocycles. The minimum atomic E-state index is -0.0928. The predicted octanol–water partition coefficient (Wildman–Crippen LogP) is 1.89. The molecule has 1 atom stereocenters. The van der Waals surface area contributed by atoms with Crippen molar-refractivity contribution in [2.75, 3.05) is 40.0 Å². The lowest BCUT2D eigenvalue weighted by molar-refractivity contribution is 0.0161. The average Bonchev–Trinajstić information content (AvgIpc) is 2.70. The number of rotatable bonds is 6. The van der Waals surface area contributed by atoms with Crippen molar-refractivity contribution in [3.05, 3.63) is 59.9 Å². The van der Waals surface area contributed by atoms with Gasteiger partial charge in [-0.15, -0.1) is 0 Å². The lowest BCUT2D eigenvalue weighted by atomic mass is 10.1. The normalized spacial score (nSPS) is 16.2. The van der Waals surface area contributed by atoms with Crippen molar-refractivity contribution in [3.8, 4) is 5.75 Å². The maximum absolute atomic E-state index is 12.5. The van der Waals surface area contributed by atoms with E-state index in [2.05, 4.69) is 15.2 Å². The van der Waals surface area contributed by atoms with Gasteiger partial charge >= 0.3 is 0 Å². The number of amides is 1. The van der Waals surface area contributed by atoms with Crippen molar-refractivity contribution >= 4 is 5.91 Å². The van der Waals surface area contributed by atoms with E-state index in [1.54, 1.807) is 37.6 Å². The van der Waals surface area contributed by atoms with Crippen LogP contribution in [0.5, 0.6) is 5.75 Å². The van der Waals surface area contributed by atoms with Crippen LogP contribution in [0.1, 0.15) is 22.0 Å². The molecule has 0 unspecified atom stereocenters. The van der Waals surface area contributed by atoms with Crippen LogP contribution < -0.4 is 10.1 Å². The minimum Gasteiger partial charge on any atom is -0.497 e. The van der Waals surface area contributed by atoms with Crippen molar-refractivity contribution < 1.29 is 14.3 Å². The van der Waals surface area contributed by atoms with E-state index in [-0.39, 0.29) is 11.9 Å². The molecule has 0 spiro atoms. The molecule has 3 rings (SSSR count). The Morgan fingerprint density at radius 1 is 1.28 bits per heavy atom. The first kappa shape index (κ1) is 17.4. The van der Waals surface area contributed by atoms with Crippen molar-refractivity contribution in [1.29, 1.82) is 0 Å². The van der Waals surface area contributed by atoms with E-state index in [1.807, 2.05) is 18.3 Å². The minimum absolute atomic E-state index is 0.0831. The Labute approximate surface area is 147 Å². The number of hydrogen-bond acceptors (Lipinski definition) is 5. The largest absolute Gasteiger partial charge is 0.497 e. The highest BCUT2D eigenvalue weighted by atomic mass is 16.5. The summed E-state index contributed by atoms with van der Waals surface area (Å²) in [5, 5.41) is 3.04. The summed E-state index contributed by atoms with van der Waals surface area (Å²) in [6.07, 6.45) is 3.62. The lowest BCUT2D eigenvalue weighted by Crippen LogP contribution is -2.43. The SMILES string of the molecule is COc1ccc(C(=O)NC[C@@H](c2cccnc2)N2CCOCC2)cc1. The molecule has 0 saturated carbocycles. The summed E-state index contributed by atoms with van der Waals surface area (Å²) in [5.41, 5.74) is 1.71. The van der Waals surface area contributed by atoms with Crippen molar-refractivity contribution in [3.63, 3.8) is 0 Å². The van der Waals surface area contributed by atoms with Gasteiger partial charge in [-0.1, -0.05) is 6.07 Å². The van der Waals surface area contributed by atoms with E-state index in [9.17, 15) is 4.79 Å². The lowest BCUT2D eigenvalue weighted by Gasteiger charge is -2.34. The Hall–Kier alpha value is -2.44. The fourth-order valence-corrected chi connectivity index (χ4v) is 2.95. The molecule has 0 radical (unpaired) electrons. The average molecular weight is 341 g/mol. The summed E-state index contributed by atoms with van der Waals surface area (Å²) < 4.78 is 10.6. The number of nitrogens with zero attached hydrogens (tertiary/aromatic N) is 2. The first-order valence-electron chi connectivity index (χ1n) is 8.42. The standard InChI is InChI=1S/C19H23N3O3/c1-24-17-6-4-15(5-7-17)19(23)21-14-18(16-3-2-8-20-13-16)22-9-11-25-12-10-22/h2-8,13,18H,9-12,14H2,1H3,(H,21,23)/t18-/m0/s1. The quantitative estimate of drug-likeness (QED) is 0.869. The predicted molar refractivity (Wildman–Crippen MR) is 94.7 cm³/mol. The number of nitrogens with one attached hydrogen (secondary N) is 1. The Morgan fingerprint density at radius 3 is 2.68 bits per heavy atom. The smallest absolute Gasteiger partial charge is 0.251 e. The molecule has 25 heavy (non-hydrogen) atoms. The number of carbonyl (C=O) groups excluding carboxylic acids is 1. The second-order valence-electron chi connectivity index (χ2n) is 5.89. The van der Waals surface area contributed by atoms with Gasteiger partial charge in [0.15, 0.2) is 0 Å². The molecule has 132 valence electrons. The number of aromatic nitrogens is 1. The summed E-state index contributed by atoms with van der Waals surface area (Å²) in [6.45, 7) is 3.64. The van der Waals surface area contributed by atoms with E-state index in [0.29, 0.717) is 25.3 Å². The molecular formula is C19H23N3O3. The summed E-state index contributed by atoms with van der Waals surface area (Å²) in [6, 6.07) is 11.2. The van der Waals surface area contributed by atoms with Gasteiger partial charge in [0, 0.05) is 37.6 Å². The summed E-state index contributed by atoms with van der Waals surface area (Å²) in [7, 11) is 1.61. The molecule has 6 heteroatoms. The number of benzene rings is 1. The van der Waals surface area contributed by atoms with Crippen LogP contribution in [0.2, 0.25) is 0 Å². The van der Waals surface area contributed by atoms with Gasteiger partial charge in [-0.3, -0.25) is 14.7 Å². The Kier molecular flexibility index (Phi) is 5.98. The number of morpholine rings is 1. The second kappa shape index (κ2) is 8.60. The Balaban J connectivity index is 1.68. The molecule has 1 aromatic heterocycles. The highest BCUT2D eigenvalue weighted by molar-refractivity contribution is 5.94. The summed E-state index contributed by atoms with van der Waals surface area (Å²) >= 11 is 0. The third-order valence-electron chi connectivity index (χ3n) is 4.36. The van der Waals surface area contributed by atoms with Crippen LogP contribution in [-0.4, -0.2) is 55.7 Å². The Bertz CT molecular complexity index is 670. The number of carbonyl (C=O) groups is 1. The zero-order chi connectivity index (χ0) is 17.5. The maximum atomic E-state index is 12.5. The van der Waals surface area contributed by atoms with Gasteiger partial charge in [-0.2, -0.15) is 0 Å². The molecule has 1 aliphatic heterocycles. The highest BCUT2D eigenvalue weighted by Crippen LogP contribution is 2.20. The van der Waals surface area contributed by atoms with E-state index >= 15 is 0 Å². The summed E-state index contributed by atoms with van der Waals surface area (Å²) in [4.78, 5) is 19.0. The molecule has 0 aliphatic carbocycles. The van der Waals surface area contributed by atoms with Gasteiger partial charge in [-0.05, 0) is 35.9 Å². The van der Waals surface area contributed by atoms with Crippen molar-refractivity contribution in [1.82, 2.24) is 15.2 Å². The molecular weight excluding hydrogens is 318 g/mol. The van der Waals surface area contributed by atoms with Crippen LogP contribution >= 0.6 is 0 Å². The number of ether oxygens (including phenoxy) is 2. The number of methoxy groups -OCH3 is 1. The second-order valence-corrected chi connectivity index (χ2v) is 5.89. The molecule has 2 aromatic rings. The van der Waals surface area contributed by atoms with E-state index in [4.69, 9.17) is 9.47 Å². The zero-order valence-corrected chi connectivity index (χ0v) is 14.4. The molecule has 0 bridgehead atoms. The third-order valence-corrected chi connectivity index (χ3v) is 4.36. The van der Waals surface area contributed by atoms with Gasteiger partial charge in [0.2, 0.25) is 0 Å². The monoisotopic (exact) mass is 341 g/mol. The van der Waals surface area contributed by atoms with Gasteiger partial charge in [0.1, 0.15) is 5.75 Å².